The van der Waals surface area contributed by atoms with Gasteiger partial charge in [-0.1, -0.05) is 0 Å². The zero-order valence-electron chi connectivity index (χ0n) is 10.2. The second kappa shape index (κ2) is 5.35. The fourth-order valence-corrected chi connectivity index (χ4v) is 11.7. The zero-order chi connectivity index (χ0) is 15.0. The minimum atomic E-state index is -5.26. The van der Waals surface area contributed by atoms with E-state index in [-0.39, 0.29) is 7.14 Å². The van der Waals surface area contributed by atoms with Gasteiger partial charge in [0.2, 0.25) is 0 Å². The molecule has 0 bridgehead atoms. The summed E-state index contributed by atoms with van der Waals surface area (Å²) < 4.78 is 64.0. The van der Waals surface area contributed by atoms with Crippen molar-refractivity contribution in [2.75, 3.05) is 0 Å². The Morgan fingerprint density at radius 2 is 1.75 bits per heavy atom. The number of rotatable bonds is 3. The Kier molecular flexibility index (Phi) is 4.09. The molecule has 1 aromatic carbocycles. The van der Waals surface area contributed by atoms with Gasteiger partial charge in [0.15, 0.2) is 0 Å². The van der Waals surface area contributed by atoms with Crippen LogP contribution >= 0.6 is 18.4 Å². The molecule has 0 fully saturated rings. The van der Waals surface area contributed by atoms with Crippen molar-refractivity contribution in [3.05, 3.63) is 49.9 Å². The molecule has 9 heteroatoms. The summed E-state index contributed by atoms with van der Waals surface area (Å²) in [6, 6.07) is 7.52. The van der Waals surface area contributed by atoms with Crippen LogP contribution in [0.1, 0.15) is 0 Å². The third-order valence-electron chi connectivity index (χ3n) is 2.28. The van der Waals surface area contributed by atoms with Crippen molar-refractivity contribution < 1.29 is 21.6 Å². The predicted molar refractivity (Wildman–Crippen MR) is 76.0 cm³/mol. The van der Waals surface area contributed by atoms with E-state index in [2.05, 4.69) is 5.10 Å². The van der Waals surface area contributed by atoms with Crippen LogP contribution in [0, 0.1) is 7.14 Å². The third kappa shape index (κ3) is 2.82. The fraction of sp³-hybridized carbons (Fsp3) is 0.182. The standard InChI is InChI=1S/C11H10F3IN2O2S/c1-17-8-10(7-16-17)15(9-5-3-2-4-6-9)20(18,19)11(12,13)14/h2-8H,1H3. The maximum absolute atomic E-state index is 12.9. The van der Waals surface area contributed by atoms with Crippen molar-refractivity contribution >= 4 is 25.4 Å². The average molecular weight is 418 g/mol. The molecule has 0 amide bonds. The first-order valence-corrected chi connectivity index (χ1v) is 11.5. The van der Waals surface area contributed by atoms with E-state index >= 15 is 0 Å². The molecule has 0 atom stereocenters. The Morgan fingerprint density at radius 3 is 2.20 bits per heavy atom. The number of halogens is 4. The first-order valence-electron chi connectivity index (χ1n) is 5.29. The van der Waals surface area contributed by atoms with E-state index in [1.807, 2.05) is 0 Å². The fourth-order valence-electron chi connectivity index (χ4n) is 1.46. The first-order chi connectivity index (χ1) is 9.23. The molecule has 0 aliphatic heterocycles. The normalized spacial score (nSPS) is 13.3. The van der Waals surface area contributed by atoms with Gasteiger partial charge in [-0.05, 0) is 0 Å². The van der Waals surface area contributed by atoms with Gasteiger partial charge in [0.25, 0.3) is 0 Å². The van der Waals surface area contributed by atoms with Crippen molar-refractivity contribution in [1.29, 1.82) is 0 Å². The number of alkyl halides is 3. The van der Waals surface area contributed by atoms with Gasteiger partial charge < -0.3 is 0 Å². The van der Waals surface area contributed by atoms with Crippen LogP contribution in [0.15, 0.2) is 42.7 Å². The van der Waals surface area contributed by atoms with Crippen molar-refractivity contribution in [2.24, 2.45) is 7.05 Å². The average Bonchev–Trinajstić information content (AvgIpc) is 2.75. The molecule has 2 rings (SSSR count). The minimum absolute atomic E-state index is 0.139. The predicted octanol–water partition coefficient (Wildman–Crippen LogP) is 2.82. The monoisotopic (exact) mass is 418 g/mol. The van der Waals surface area contributed by atoms with E-state index in [0.29, 0.717) is 0 Å². The van der Waals surface area contributed by atoms with Crippen LogP contribution in [-0.2, 0) is 14.1 Å². The van der Waals surface area contributed by atoms with Gasteiger partial charge >= 0.3 is 119 Å². The number of hydrogen-bond donors (Lipinski definition) is 0. The van der Waals surface area contributed by atoms with E-state index in [1.165, 1.54) is 48.4 Å². The molecule has 0 spiro atoms. The Morgan fingerprint density at radius 1 is 1.15 bits per heavy atom. The van der Waals surface area contributed by atoms with Crippen LogP contribution in [0.5, 0.6) is 0 Å². The molecule has 0 N–H and O–H groups in total. The zero-order valence-corrected chi connectivity index (χ0v) is 13.1. The molecule has 1 heterocycles. The molecular formula is C11H10F3IN2O2S. The van der Waals surface area contributed by atoms with Crippen LogP contribution in [0.4, 0.5) is 13.2 Å². The molecule has 0 radical (unpaired) electrons. The van der Waals surface area contributed by atoms with E-state index in [9.17, 15) is 21.6 Å². The summed E-state index contributed by atoms with van der Waals surface area (Å²) >= 11 is -3.72. The van der Waals surface area contributed by atoms with Crippen LogP contribution in [0.3, 0.4) is 0 Å². The summed E-state index contributed by atoms with van der Waals surface area (Å²) in [6.07, 6.45) is 2.53. The molecule has 0 aliphatic rings. The first kappa shape index (κ1) is 15.3. The van der Waals surface area contributed by atoms with E-state index in [1.54, 1.807) is 6.07 Å². The number of aromatic nitrogens is 2. The van der Waals surface area contributed by atoms with Crippen LogP contribution in [0.2, 0.25) is 0 Å². The number of aryl methyl sites for hydroxylation is 1. The van der Waals surface area contributed by atoms with Gasteiger partial charge in [-0.3, -0.25) is 0 Å². The second-order valence-corrected chi connectivity index (χ2v) is 14.6. The van der Waals surface area contributed by atoms with Gasteiger partial charge in [0, 0.05) is 0 Å². The summed E-state index contributed by atoms with van der Waals surface area (Å²) in [5.74, 6) is 0. The second-order valence-electron chi connectivity index (χ2n) is 3.76. The number of nitrogens with zero attached hydrogens (tertiary/aromatic N) is 2. The van der Waals surface area contributed by atoms with E-state index in [0.717, 1.165) is 0 Å². The van der Waals surface area contributed by atoms with Crippen LogP contribution in [-0.4, -0.2) is 23.7 Å². The Balaban J connectivity index is 2.63. The molecule has 0 saturated carbocycles. The number of hydrogen-bond acceptors (Lipinski definition) is 3. The SMILES string of the molecule is Cn1cc(I(c2ccccc2)S(=O)(=O)C(F)(F)F)cn1. The van der Waals surface area contributed by atoms with Gasteiger partial charge in [-0.2, -0.15) is 0 Å². The Bertz CT molecular complexity index is 698. The molecule has 110 valence electrons. The molecule has 1 aromatic heterocycles. The van der Waals surface area contributed by atoms with Crippen molar-refractivity contribution in [3.63, 3.8) is 0 Å². The molecule has 20 heavy (non-hydrogen) atoms. The Hall–Kier alpha value is -1.10. The van der Waals surface area contributed by atoms with Gasteiger partial charge in [-0.15, -0.1) is 0 Å². The summed E-state index contributed by atoms with van der Waals surface area (Å²) in [5.41, 5.74) is -5.26. The third-order valence-corrected chi connectivity index (χ3v) is 14.1. The number of benzene rings is 1. The van der Waals surface area contributed by atoms with Crippen molar-refractivity contribution in [2.45, 2.75) is 5.51 Å². The molecule has 0 saturated heterocycles. The van der Waals surface area contributed by atoms with Crippen molar-refractivity contribution in [1.82, 2.24) is 9.78 Å². The maximum atomic E-state index is 12.9. The van der Waals surface area contributed by atoms with Crippen LogP contribution < -0.4 is 0 Å². The molecule has 2 aromatic rings. The molecule has 4 nitrogen and oxygen atoms in total. The van der Waals surface area contributed by atoms with Crippen LogP contribution in [0.25, 0.3) is 0 Å². The van der Waals surface area contributed by atoms with Gasteiger partial charge in [-0.25, -0.2) is 0 Å². The van der Waals surface area contributed by atoms with Gasteiger partial charge in [0.1, 0.15) is 0 Å². The summed E-state index contributed by atoms with van der Waals surface area (Å²) in [5, 5.41) is 3.78. The van der Waals surface area contributed by atoms with Crippen molar-refractivity contribution in [3.8, 4) is 0 Å². The molecular weight excluding hydrogens is 408 g/mol. The molecule has 0 aliphatic carbocycles. The summed E-state index contributed by atoms with van der Waals surface area (Å²) in [6.45, 7) is 0. The topological polar surface area (TPSA) is 52.0 Å². The van der Waals surface area contributed by atoms with E-state index < -0.39 is 31.0 Å². The quantitative estimate of drug-likeness (QED) is 0.569. The summed E-state index contributed by atoms with van der Waals surface area (Å²) in [7, 11) is -3.70. The van der Waals surface area contributed by atoms with E-state index in [4.69, 9.17) is 0 Å². The molecule has 0 unspecified atom stereocenters. The Labute approximate surface area is 119 Å². The summed E-state index contributed by atoms with van der Waals surface area (Å²) in [4.78, 5) is 0. The van der Waals surface area contributed by atoms with Gasteiger partial charge in [0.05, 0.1) is 0 Å².